The molecule has 5 heteroatoms. The third kappa shape index (κ3) is 4.75. The molecule has 0 radical (unpaired) electrons. The van der Waals surface area contributed by atoms with E-state index in [-0.39, 0.29) is 5.82 Å². The standard InChI is InChI=1S/C16H19FO3Si/c1-18-21(19-2)20-12-11-13-3-5-14(6-4-13)15-7-9-16(17)10-8-15/h3-10,21H,11-12H2,1-2H3. The maximum absolute atomic E-state index is 12.9. The Hall–Kier alpha value is -1.53. The topological polar surface area (TPSA) is 27.7 Å². The minimum Gasteiger partial charge on any atom is -0.379 e. The zero-order valence-corrected chi connectivity index (χ0v) is 13.4. The minimum absolute atomic E-state index is 0.220. The van der Waals surface area contributed by atoms with Crippen molar-refractivity contribution >= 4 is 9.53 Å². The van der Waals surface area contributed by atoms with Crippen molar-refractivity contribution in [2.45, 2.75) is 6.42 Å². The van der Waals surface area contributed by atoms with Gasteiger partial charge in [-0.15, -0.1) is 0 Å². The van der Waals surface area contributed by atoms with Crippen molar-refractivity contribution in [3.8, 4) is 11.1 Å². The number of halogens is 1. The molecule has 2 aromatic rings. The second kappa shape index (κ2) is 8.04. The lowest BCUT2D eigenvalue weighted by molar-refractivity contribution is 0.137. The summed E-state index contributed by atoms with van der Waals surface area (Å²) in [5, 5.41) is 0. The van der Waals surface area contributed by atoms with Gasteiger partial charge in [-0.05, 0) is 35.2 Å². The van der Waals surface area contributed by atoms with E-state index in [0.29, 0.717) is 6.61 Å². The number of hydrogen-bond acceptors (Lipinski definition) is 3. The van der Waals surface area contributed by atoms with Crippen molar-refractivity contribution in [1.29, 1.82) is 0 Å². The van der Waals surface area contributed by atoms with Gasteiger partial charge >= 0.3 is 9.53 Å². The first-order valence-electron chi connectivity index (χ1n) is 6.75. The molecule has 3 nitrogen and oxygen atoms in total. The molecule has 0 amide bonds. The predicted molar refractivity (Wildman–Crippen MR) is 82.7 cm³/mol. The summed E-state index contributed by atoms with van der Waals surface area (Å²) in [4.78, 5) is 0. The fourth-order valence-corrected chi connectivity index (χ4v) is 2.79. The molecule has 0 fully saturated rings. The van der Waals surface area contributed by atoms with E-state index in [4.69, 9.17) is 13.3 Å². The molecular formula is C16H19FO3Si. The van der Waals surface area contributed by atoms with Crippen LogP contribution in [0.5, 0.6) is 0 Å². The molecule has 0 atom stereocenters. The maximum Gasteiger partial charge on any atom is 0.483 e. The van der Waals surface area contributed by atoms with Gasteiger partial charge in [-0.2, -0.15) is 0 Å². The molecule has 0 aliphatic heterocycles. The first-order chi connectivity index (χ1) is 10.2. The summed E-state index contributed by atoms with van der Waals surface area (Å²) in [5.41, 5.74) is 3.26. The van der Waals surface area contributed by atoms with Crippen LogP contribution in [0, 0.1) is 5.82 Å². The van der Waals surface area contributed by atoms with E-state index < -0.39 is 9.53 Å². The first-order valence-corrected chi connectivity index (χ1v) is 8.16. The lowest BCUT2D eigenvalue weighted by atomic mass is 10.0. The summed E-state index contributed by atoms with van der Waals surface area (Å²) in [6.07, 6.45) is 0.805. The lowest BCUT2D eigenvalue weighted by Crippen LogP contribution is -2.24. The highest BCUT2D eigenvalue weighted by molar-refractivity contribution is 6.36. The largest absolute Gasteiger partial charge is 0.483 e. The molecule has 0 unspecified atom stereocenters. The van der Waals surface area contributed by atoms with Crippen LogP contribution in [0.2, 0.25) is 0 Å². The molecule has 0 bridgehead atoms. The van der Waals surface area contributed by atoms with Crippen LogP contribution < -0.4 is 0 Å². The van der Waals surface area contributed by atoms with Gasteiger partial charge in [0, 0.05) is 20.8 Å². The van der Waals surface area contributed by atoms with E-state index in [1.54, 1.807) is 26.4 Å². The molecule has 0 aliphatic rings. The van der Waals surface area contributed by atoms with E-state index in [9.17, 15) is 4.39 Å². The summed E-state index contributed by atoms with van der Waals surface area (Å²) >= 11 is 0. The predicted octanol–water partition coefficient (Wildman–Crippen LogP) is 3.06. The fourth-order valence-electron chi connectivity index (χ4n) is 2.01. The highest BCUT2D eigenvalue weighted by atomic mass is 28.3. The van der Waals surface area contributed by atoms with Crippen molar-refractivity contribution in [3.05, 3.63) is 59.9 Å². The Morgan fingerprint density at radius 1 is 0.857 bits per heavy atom. The second-order valence-corrected chi connectivity index (χ2v) is 6.44. The van der Waals surface area contributed by atoms with Crippen LogP contribution in [0.4, 0.5) is 4.39 Å². The van der Waals surface area contributed by atoms with Gasteiger partial charge in [-0.1, -0.05) is 36.4 Å². The number of rotatable bonds is 7. The zero-order chi connectivity index (χ0) is 15.1. The Morgan fingerprint density at radius 2 is 1.38 bits per heavy atom. The van der Waals surface area contributed by atoms with Crippen LogP contribution in [0.1, 0.15) is 5.56 Å². The molecule has 0 saturated heterocycles. The highest BCUT2D eigenvalue weighted by Gasteiger charge is 2.10. The summed E-state index contributed by atoms with van der Waals surface area (Å²) in [6.45, 7) is 0.578. The van der Waals surface area contributed by atoms with Gasteiger partial charge < -0.3 is 13.3 Å². The van der Waals surface area contributed by atoms with Gasteiger partial charge in [0.15, 0.2) is 0 Å². The van der Waals surface area contributed by atoms with Crippen LogP contribution in [0.3, 0.4) is 0 Å². The molecular weight excluding hydrogens is 287 g/mol. The van der Waals surface area contributed by atoms with Crippen LogP contribution in [-0.2, 0) is 19.7 Å². The summed E-state index contributed by atoms with van der Waals surface area (Å²) in [6, 6.07) is 14.7. The van der Waals surface area contributed by atoms with Crippen molar-refractivity contribution in [2.75, 3.05) is 20.8 Å². The monoisotopic (exact) mass is 306 g/mol. The van der Waals surface area contributed by atoms with Crippen LogP contribution >= 0.6 is 0 Å². The Labute approximate surface area is 126 Å². The van der Waals surface area contributed by atoms with E-state index in [0.717, 1.165) is 17.5 Å². The molecule has 21 heavy (non-hydrogen) atoms. The summed E-state index contributed by atoms with van der Waals surface area (Å²) in [5.74, 6) is -0.220. The fraction of sp³-hybridized carbons (Fsp3) is 0.250. The zero-order valence-electron chi connectivity index (χ0n) is 12.2. The smallest absolute Gasteiger partial charge is 0.379 e. The van der Waals surface area contributed by atoms with Crippen molar-refractivity contribution < 1.29 is 17.7 Å². The molecule has 0 aromatic heterocycles. The molecule has 0 spiro atoms. The third-order valence-corrected chi connectivity index (χ3v) is 4.44. The normalized spacial score (nSPS) is 11.0. The minimum atomic E-state index is -1.93. The summed E-state index contributed by atoms with van der Waals surface area (Å²) in [7, 11) is 1.26. The van der Waals surface area contributed by atoms with Crippen molar-refractivity contribution in [1.82, 2.24) is 0 Å². The maximum atomic E-state index is 12.9. The van der Waals surface area contributed by atoms with E-state index in [1.807, 2.05) is 12.1 Å². The molecule has 2 rings (SSSR count). The molecule has 0 saturated carbocycles. The molecule has 0 aliphatic carbocycles. The summed E-state index contributed by atoms with van der Waals surface area (Å²) < 4.78 is 28.6. The van der Waals surface area contributed by atoms with Crippen molar-refractivity contribution in [2.24, 2.45) is 0 Å². The van der Waals surface area contributed by atoms with Crippen molar-refractivity contribution in [3.63, 3.8) is 0 Å². The molecule has 0 heterocycles. The van der Waals surface area contributed by atoms with Gasteiger partial charge in [-0.3, -0.25) is 0 Å². The van der Waals surface area contributed by atoms with Crippen LogP contribution in [0.15, 0.2) is 48.5 Å². The quantitative estimate of drug-likeness (QED) is 0.736. The second-order valence-electron chi connectivity index (χ2n) is 4.58. The Bertz CT molecular complexity index is 538. The SMILES string of the molecule is CO[SiH](OC)OCCc1ccc(-c2ccc(F)cc2)cc1. The average molecular weight is 306 g/mol. The highest BCUT2D eigenvalue weighted by Crippen LogP contribution is 2.20. The third-order valence-electron chi connectivity index (χ3n) is 3.16. The Kier molecular flexibility index (Phi) is 6.07. The Morgan fingerprint density at radius 3 is 1.90 bits per heavy atom. The molecule has 2 aromatic carbocycles. The molecule has 112 valence electrons. The van der Waals surface area contributed by atoms with Gasteiger partial charge in [0.1, 0.15) is 5.82 Å². The average Bonchev–Trinajstić information content (AvgIpc) is 2.53. The van der Waals surface area contributed by atoms with Gasteiger partial charge in [0.25, 0.3) is 0 Å². The van der Waals surface area contributed by atoms with Crippen LogP contribution in [-0.4, -0.2) is 30.4 Å². The van der Waals surface area contributed by atoms with Gasteiger partial charge in [-0.25, -0.2) is 4.39 Å². The van der Waals surface area contributed by atoms with Crippen LogP contribution in [0.25, 0.3) is 11.1 Å². The number of benzene rings is 2. The van der Waals surface area contributed by atoms with E-state index in [1.165, 1.54) is 17.7 Å². The lowest BCUT2D eigenvalue weighted by Gasteiger charge is -2.11. The van der Waals surface area contributed by atoms with Gasteiger partial charge in [0.05, 0.1) is 0 Å². The molecule has 0 N–H and O–H groups in total. The van der Waals surface area contributed by atoms with Gasteiger partial charge in [0.2, 0.25) is 0 Å². The first kappa shape index (κ1) is 15.8. The number of hydrogen-bond donors (Lipinski definition) is 0. The Balaban J connectivity index is 1.91. The van der Waals surface area contributed by atoms with E-state index in [2.05, 4.69) is 12.1 Å². The van der Waals surface area contributed by atoms with E-state index >= 15 is 0 Å².